The average molecular weight is 595 g/mol. The van der Waals surface area contributed by atoms with Crippen molar-refractivity contribution < 1.29 is 28.4 Å². The van der Waals surface area contributed by atoms with Crippen molar-refractivity contribution in [2.24, 2.45) is 0 Å². The van der Waals surface area contributed by atoms with Gasteiger partial charge in [-0.25, -0.2) is 0 Å². The normalized spacial score (nSPS) is 17.5. The van der Waals surface area contributed by atoms with Gasteiger partial charge in [0.25, 0.3) is 0 Å². The van der Waals surface area contributed by atoms with Crippen molar-refractivity contribution in [3.63, 3.8) is 0 Å². The molecule has 6 nitrogen and oxygen atoms in total. The molecule has 6 heteroatoms. The number of rotatable bonds is 18. The monoisotopic (exact) mass is 594 g/mol. The van der Waals surface area contributed by atoms with Gasteiger partial charge < -0.3 is 28.4 Å². The molecule has 0 saturated carbocycles. The van der Waals surface area contributed by atoms with Gasteiger partial charge in [-0.3, -0.25) is 0 Å². The lowest BCUT2D eigenvalue weighted by molar-refractivity contribution is 0.205. The summed E-state index contributed by atoms with van der Waals surface area (Å²) in [4.78, 5) is 0. The number of hydrogen-bond donors (Lipinski definition) is 0. The summed E-state index contributed by atoms with van der Waals surface area (Å²) < 4.78 is 34.0. The van der Waals surface area contributed by atoms with E-state index in [-0.39, 0.29) is 18.3 Å². The van der Waals surface area contributed by atoms with Crippen LogP contribution >= 0.6 is 0 Å². The third-order valence-corrected chi connectivity index (χ3v) is 7.87. The first kappa shape index (κ1) is 30.0. The number of ether oxygens (including phenoxy) is 6. The first-order valence-corrected chi connectivity index (χ1v) is 15.9. The lowest BCUT2D eigenvalue weighted by Gasteiger charge is -2.15. The maximum absolute atomic E-state index is 6.17. The smallest absolute Gasteiger partial charge is 0.119 e. The Hall–Kier alpha value is -4.00. The number of epoxide rings is 2. The fourth-order valence-corrected chi connectivity index (χ4v) is 5.03. The van der Waals surface area contributed by atoms with Crippen molar-refractivity contribution in [3.8, 4) is 45.3 Å². The zero-order valence-corrected chi connectivity index (χ0v) is 25.5. The van der Waals surface area contributed by atoms with Crippen LogP contribution in [0.15, 0.2) is 97.1 Å². The molecule has 3 unspecified atom stereocenters. The van der Waals surface area contributed by atoms with Crippen LogP contribution in [0.4, 0.5) is 0 Å². The number of benzene rings is 4. The van der Waals surface area contributed by atoms with Crippen LogP contribution in [0.2, 0.25) is 0 Å². The predicted octanol–water partition coefficient (Wildman–Crippen LogP) is 8.37. The highest BCUT2D eigenvalue weighted by atomic mass is 16.6. The van der Waals surface area contributed by atoms with Gasteiger partial charge in [-0.1, -0.05) is 61.4 Å². The third-order valence-electron chi connectivity index (χ3n) is 7.87. The van der Waals surface area contributed by atoms with Gasteiger partial charge in [0.15, 0.2) is 0 Å². The summed E-state index contributed by atoms with van der Waals surface area (Å²) in [6, 6.07) is 33.1. The Balaban J connectivity index is 0.825. The van der Waals surface area contributed by atoms with Crippen LogP contribution in [-0.2, 0) is 9.47 Å². The Bertz CT molecular complexity index is 1410. The van der Waals surface area contributed by atoms with Crippen LogP contribution in [0, 0.1) is 0 Å². The van der Waals surface area contributed by atoms with Crippen molar-refractivity contribution in [1.82, 2.24) is 0 Å². The summed E-state index contributed by atoms with van der Waals surface area (Å²) in [7, 11) is 0. The Morgan fingerprint density at radius 2 is 0.909 bits per heavy atom. The summed E-state index contributed by atoms with van der Waals surface area (Å²) in [5.41, 5.74) is 4.65. The second-order valence-electron chi connectivity index (χ2n) is 11.6. The Labute approximate surface area is 260 Å². The number of unbranched alkanes of at least 4 members (excludes halogenated alkanes) is 3. The molecule has 4 aromatic carbocycles. The van der Waals surface area contributed by atoms with Gasteiger partial charge in [0.1, 0.15) is 48.4 Å². The van der Waals surface area contributed by atoms with E-state index in [1.165, 1.54) is 6.42 Å². The lowest BCUT2D eigenvalue weighted by atomic mass is 10.1. The van der Waals surface area contributed by atoms with E-state index in [1.54, 1.807) is 0 Å². The Morgan fingerprint density at radius 1 is 0.523 bits per heavy atom. The molecule has 0 N–H and O–H groups in total. The van der Waals surface area contributed by atoms with Crippen LogP contribution in [0.1, 0.15) is 39.0 Å². The first-order valence-electron chi connectivity index (χ1n) is 15.9. The van der Waals surface area contributed by atoms with E-state index in [0.29, 0.717) is 13.2 Å². The second-order valence-corrected chi connectivity index (χ2v) is 11.6. The average Bonchev–Trinajstić information content (AvgIpc) is 4.00. The number of hydrogen-bond acceptors (Lipinski definition) is 6. The maximum atomic E-state index is 6.17. The molecule has 0 radical (unpaired) electrons. The van der Waals surface area contributed by atoms with E-state index in [0.717, 1.165) is 90.8 Å². The molecule has 2 aliphatic heterocycles. The highest BCUT2D eigenvalue weighted by Crippen LogP contribution is 2.27. The fourth-order valence-electron chi connectivity index (χ4n) is 5.03. The molecule has 44 heavy (non-hydrogen) atoms. The van der Waals surface area contributed by atoms with E-state index in [1.807, 2.05) is 36.4 Å². The predicted molar refractivity (Wildman–Crippen MR) is 173 cm³/mol. The van der Waals surface area contributed by atoms with Crippen molar-refractivity contribution in [3.05, 3.63) is 97.1 Å². The molecule has 2 fully saturated rings. The molecule has 230 valence electrons. The van der Waals surface area contributed by atoms with Crippen molar-refractivity contribution in [2.45, 2.75) is 57.3 Å². The molecule has 0 spiro atoms. The van der Waals surface area contributed by atoms with Crippen molar-refractivity contribution in [2.75, 3.05) is 33.0 Å². The molecule has 3 atom stereocenters. The van der Waals surface area contributed by atoms with E-state index < -0.39 is 0 Å². The Kier molecular flexibility index (Phi) is 10.3. The van der Waals surface area contributed by atoms with Gasteiger partial charge in [-0.15, -0.1) is 0 Å². The topological polar surface area (TPSA) is 62.0 Å². The van der Waals surface area contributed by atoms with E-state index in [2.05, 4.69) is 67.6 Å². The van der Waals surface area contributed by atoms with Crippen LogP contribution in [0.5, 0.6) is 23.0 Å². The van der Waals surface area contributed by atoms with Crippen molar-refractivity contribution >= 4 is 0 Å². The molecule has 0 aromatic heterocycles. The zero-order chi connectivity index (χ0) is 30.0. The zero-order valence-electron chi connectivity index (χ0n) is 25.5. The van der Waals surface area contributed by atoms with Gasteiger partial charge in [-0.2, -0.15) is 0 Å². The molecular weight excluding hydrogens is 552 g/mol. The van der Waals surface area contributed by atoms with E-state index in [9.17, 15) is 0 Å². The molecule has 0 amide bonds. The fraction of sp³-hybridized carbons (Fsp3) is 0.368. The first-order chi connectivity index (χ1) is 21.7. The summed E-state index contributed by atoms with van der Waals surface area (Å²) in [6.07, 6.45) is 6.29. The minimum atomic E-state index is 0.184. The van der Waals surface area contributed by atoms with Gasteiger partial charge in [0, 0.05) is 0 Å². The standard InChI is InChI=1S/C38H42O6/c1-28(44-36-21-13-32(14-22-36)31-11-19-35(20-12-31)41-25-38-27-43-38)6-4-2-3-5-23-39-33-15-7-29(8-16-33)30-9-17-34(18-10-30)40-24-37-26-42-37/h7-22,28,37-38H,2-6,23-27H2,1H3. The van der Waals surface area contributed by atoms with Crippen LogP contribution in [0.25, 0.3) is 22.3 Å². The SMILES string of the molecule is CC(CCCCCCOc1ccc(-c2ccc(OCC3CO3)cc2)cc1)Oc1ccc(-c2ccc(OCC3CO3)cc2)cc1. The molecule has 0 bridgehead atoms. The summed E-state index contributed by atoms with van der Waals surface area (Å²) in [5.74, 6) is 3.58. The van der Waals surface area contributed by atoms with Crippen molar-refractivity contribution in [1.29, 1.82) is 0 Å². The largest absolute Gasteiger partial charge is 0.494 e. The molecular formula is C38H42O6. The summed E-state index contributed by atoms with van der Waals surface area (Å²) in [5, 5.41) is 0. The van der Waals surface area contributed by atoms with Gasteiger partial charge in [0.05, 0.1) is 25.9 Å². The molecule has 2 aliphatic rings. The maximum Gasteiger partial charge on any atom is 0.119 e. The summed E-state index contributed by atoms with van der Waals surface area (Å²) >= 11 is 0. The van der Waals surface area contributed by atoms with Crippen LogP contribution in [-0.4, -0.2) is 51.3 Å². The van der Waals surface area contributed by atoms with Gasteiger partial charge in [-0.05, 0) is 97.0 Å². The van der Waals surface area contributed by atoms with E-state index in [4.69, 9.17) is 28.4 Å². The van der Waals surface area contributed by atoms with Crippen LogP contribution in [0.3, 0.4) is 0 Å². The minimum Gasteiger partial charge on any atom is -0.494 e. The molecule has 0 aliphatic carbocycles. The minimum absolute atomic E-state index is 0.184. The molecule has 2 saturated heterocycles. The molecule has 2 heterocycles. The third kappa shape index (κ3) is 9.50. The summed E-state index contributed by atoms with van der Waals surface area (Å²) in [6.45, 7) is 5.75. The van der Waals surface area contributed by atoms with Gasteiger partial charge in [0.2, 0.25) is 0 Å². The Morgan fingerprint density at radius 3 is 1.34 bits per heavy atom. The molecule has 6 rings (SSSR count). The highest BCUT2D eigenvalue weighted by molar-refractivity contribution is 5.65. The quantitative estimate of drug-likeness (QED) is 0.0852. The van der Waals surface area contributed by atoms with Crippen LogP contribution < -0.4 is 18.9 Å². The van der Waals surface area contributed by atoms with Gasteiger partial charge >= 0.3 is 0 Å². The highest BCUT2D eigenvalue weighted by Gasteiger charge is 2.23. The van der Waals surface area contributed by atoms with E-state index >= 15 is 0 Å². The molecule has 4 aromatic rings. The lowest BCUT2D eigenvalue weighted by Crippen LogP contribution is -2.11. The second kappa shape index (κ2) is 15.1.